The molecule has 26 heavy (non-hydrogen) atoms. The van der Waals surface area contributed by atoms with Crippen LogP contribution in [0.25, 0.3) is 0 Å². The molecular formula is C20H35IN4O. The van der Waals surface area contributed by atoms with Crippen LogP contribution in [-0.4, -0.2) is 62.3 Å². The van der Waals surface area contributed by atoms with Gasteiger partial charge in [-0.25, -0.2) is 0 Å². The third kappa shape index (κ3) is 8.22. The smallest absolute Gasteiger partial charge is 0.191 e. The molecular weight excluding hydrogens is 439 g/mol. The van der Waals surface area contributed by atoms with Crippen molar-refractivity contribution in [2.24, 2.45) is 4.99 Å². The van der Waals surface area contributed by atoms with Gasteiger partial charge in [-0.3, -0.25) is 9.89 Å². The quantitative estimate of drug-likeness (QED) is 0.263. The first-order valence-corrected chi connectivity index (χ1v) is 9.60. The molecule has 6 heteroatoms. The molecule has 0 spiro atoms. The largest absolute Gasteiger partial charge is 0.379 e. The van der Waals surface area contributed by atoms with Crippen LogP contribution in [0.2, 0.25) is 0 Å². The van der Waals surface area contributed by atoms with Gasteiger partial charge in [-0.05, 0) is 39.2 Å². The van der Waals surface area contributed by atoms with Crippen molar-refractivity contribution in [2.45, 2.75) is 45.7 Å². The van der Waals surface area contributed by atoms with Crippen molar-refractivity contribution in [1.82, 2.24) is 15.5 Å². The molecule has 1 aliphatic heterocycles. The minimum Gasteiger partial charge on any atom is -0.379 e. The number of nitrogens with zero attached hydrogens (tertiary/aromatic N) is 2. The Kier molecular flexibility index (Phi) is 11.9. The summed E-state index contributed by atoms with van der Waals surface area (Å²) in [5.74, 6) is 0.920. The number of ether oxygens (including phenoxy) is 1. The average Bonchev–Trinajstić information content (AvgIpc) is 2.64. The second kappa shape index (κ2) is 13.3. The van der Waals surface area contributed by atoms with Crippen LogP contribution in [0.15, 0.2) is 35.3 Å². The van der Waals surface area contributed by atoms with E-state index in [0.29, 0.717) is 12.1 Å². The molecule has 1 fully saturated rings. The summed E-state index contributed by atoms with van der Waals surface area (Å²) >= 11 is 0. The van der Waals surface area contributed by atoms with Crippen molar-refractivity contribution in [1.29, 1.82) is 0 Å². The lowest BCUT2D eigenvalue weighted by Crippen LogP contribution is -2.49. The lowest BCUT2D eigenvalue weighted by atomic mass is 10.1. The summed E-state index contributed by atoms with van der Waals surface area (Å²) in [6.45, 7) is 11.9. The van der Waals surface area contributed by atoms with E-state index in [9.17, 15) is 0 Å². The van der Waals surface area contributed by atoms with Gasteiger partial charge in [-0.1, -0.05) is 30.3 Å². The maximum atomic E-state index is 5.53. The Balaban J connectivity index is 0.00000338. The van der Waals surface area contributed by atoms with Gasteiger partial charge in [0.15, 0.2) is 5.96 Å². The van der Waals surface area contributed by atoms with E-state index in [1.54, 1.807) is 0 Å². The van der Waals surface area contributed by atoms with Crippen LogP contribution >= 0.6 is 24.0 Å². The number of guanidine groups is 1. The molecule has 1 heterocycles. The van der Waals surface area contributed by atoms with E-state index in [0.717, 1.165) is 58.2 Å². The number of nitrogens with one attached hydrogen (secondary N) is 2. The van der Waals surface area contributed by atoms with Crippen molar-refractivity contribution < 1.29 is 4.74 Å². The normalized spacial score (nSPS) is 19.5. The van der Waals surface area contributed by atoms with E-state index < -0.39 is 0 Å². The number of aryl methyl sites for hydroxylation is 1. The zero-order chi connectivity index (χ0) is 17.9. The van der Waals surface area contributed by atoms with E-state index in [1.165, 1.54) is 5.56 Å². The Hall–Kier alpha value is -0.860. The zero-order valence-corrected chi connectivity index (χ0v) is 18.7. The topological polar surface area (TPSA) is 48.9 Å². The molecule has 1 aromatic carbocycles. The van der Waals surface area contributed by atoms with Gasteiger partial charge >= 0.3 is 0 Å². The van der Waals surface area contributed by atoms with Crippen LogP contribution in [0, 0.1) is 0 Å². The molecule has 1 saturated heterocycles. The van der Waals surface area contributed by atoms with Crippen molar-refractivity contribution in [2.75, 3.05) is 39.4 Å². The van der Waals surface area contributed by atoms with Crippen LogP contribution < -0.4 is 10.6 Å². The number of aliphatic imine (C=N–C) groups is 1. The Morgan fingerprint density at radius 2 is 2.08 bits per heavy atom. The molecule has 2 atom stereocenters. The Bertz CT molecular complexity index is 512. The molecule has 2 N–H and O–H groups in total. The van der Waals surface area contributed by atoms with Gasteiger partial charge in [0.1, 0.15) is 0 Å². The highest BCUT2D eigenvalue weighted by molar-refractivity contribution is 14.0. The predicted molar refractivity (Wildman–Crippen MR) is 121 cm³/mol. The van der Waals surface area contributed by atoms with Gasteiger partial charge in [-0.15, -0.1) is 24.0 Å². The van der Waals surface area contributed by atoms with E-state index in [4.69, 9.17) is 9.73 Å². The SMILES string of the molecule is CCNC(=NCC(C)N1CCOCC1C)NCCCc1ccccc1.I. The fraction of sp³-hybridized carbons (Fsp3) is 0.650. The van der Waals surface area contributed by atoms with Gasteiger partial charge in [0.05, 0.1) is 19.8 Å². The first kappa shape index (κ1) is 23.2. The number of hydrogen-bond donors (Lipinski definition) is 2. The van der Waals surface area contributed by atoms with E-state index in [2.05, 4.69) is 66.6 Å². The van der Waals surface area contributed by atoms with Gasteiger partial charge in [0.2, 0.25) is 0 Å². The maximum Gasteiger partial charge on any atom is 0.191 e. The molecule has 0 aromatic heterocycles. The van der Waals surface area contributed by atoms with Crippen LogP contribution in [0.1, 0.15) is 32.8 Å². The number of rotatable bonds is 8. The minimum atomic E-state index is 0. The summed E-state index contributed by atoms with van der Waals surface area (Å²) in [4.78, 5) is 7.27. The van der Waals surface area contributed by atoms with Crippen molar-refractivity contribution in [3.05, 3.63) is 35.9 Å². The summed E-state index contributed by atoms with van der Waals surface area (Å²) in [6, 6.07) is 11.5. The monoisotopic (exact) mass is 474 g/mol. The summed E-state index contributed by atoms with van der Waals surface area (Å²) in [7, 11) is 0. The van der Waals surface area contributed by atoms with Crippen molar-refractivity contribution >= 4 is 29.9 Å². The average molecular weight is 474 g/mol. The first-order chi connectivity index (χ1) is 12.2. The molecule has 1 aliphatic rings. The second-order valence-corrected chi connectivity index (χ2v) is 6.75. The molecule has 148 valence electrons. The second-order valence-electron chi connectivity index (χ2n) is 6.75. The van der Waals surface area contributed by atoms with E-state index >= 15 is 0 Å². The lowest BCUT2D eigenvalue weighted by Gasteiger charge is -2.37. The van der Waals surface area contributed by atoms with E-state index in [1.807, 2.05) is 0 Å². The van der Waals surface area contributed by atoms with Crippen molar-refractivity contribution in [3.63, 3.8) is 0 Å². The lowest BCUT2D eigenvalue weighted by molar-refractivity contribution is -0.0165. The molecule has 2 rings (SSSR count). The highest BCUT2D eigenvalue weighted by Crippen LogP contribution is 2.10. The van der Waals surface area contributed by atoms with E-state index in [-0.39, 0.29) is 24.0 Å². The summed E-state index contributed by atoms with van der Waals surface area (Å²) in [5, 5.41) is 6.80. The van der Waals surface area contributed by atoms with Gasteiger partial charge < -0.3 is 15.4 Å². The Morgan fingerprint density at radius 1 is 1.31 bits per heavy atom. The molecule has 2 unspecified atom stereocenters. The Morgan fingerprint density at radius 3 is 2.77 bits per heavy atom. The van der Waals surface area contributed by atoms with Crippen LogP contribution in [-0.2, 0) is 11.2 Å². The van der Waals surface area contributed by atoms with Gasteiger partial charge in [0, 0.05) is 31.7 Å². The Labute approximate surface area is 176 Å². The number of hydrogen-bond acceptors (Lipinski definition) is 3. The highest BCUT2D eigenvalue weighted by atomic mass is 127. The van der Waals surface area contributed by atoms with Gasteiger partial charge in [-0.2, -0.15) is 0 Å². The molecule has 5 nitrogen and oxygen atoms in total. The first-order valence-electron chi connectivity index (χ1n) is 9.60. The molecule has 0 saturated carbocycles. The number of halogens is 1. The molecule has 1 aromatic rings. The highest BCUT2D eigenvalue weighted by Gasteiger charge is 2.23. The molecule has 0 bridgehead atoms. The zero-order valence-electron chi connectivity index (χ0n) is 16.4. The van der Waals surface area contributed by atoms with Crippen LogP contribution in [0.3, 0.4) is 0 Å². The standard InChI is InChI=1S/C20H34N4O.HI/c1-4-21-20(22-12-8-11-19-9-6-5-7-10-19)23-15-17(2)24-13-14-25-16-18(24)3;/h5-7,9-10,17-18H,4,8,11-16H2,1-3H3,(H2,21,22,23);1H. The third-order valence-corrected chi connectivity index (χ3v) is 4.62. The minimum absolute atomic E-state index is 0. The maximum absolute atomic E-state index is 5.53. The van der Waals surface area contributed by atoms with Crippen molar-refractivity contribution in [3.8, 4) is 0 Å². The predicted octanol–water partition coefficient (Wildman–Crippen LogP) is 2.90. The number of benzene rings is 1. The van der Waals surface area contributed by atoms with Gasteiger partial charge in [0.25, 0.3) is 0 Å². The molecule has 0 radical (unpaired) electrons. The summed E-state index contributed by atoms with van der Waals surface area (Å²) in [6.07, 6.45) is 2.19. The molecule has 0 amide bonds. The van der Waals surface area contributed by atoms with Crippen LogP contribution in [0.4, 0.5) is 0 Å². The molecule has 0 aliphatic carbocycles. The third-order valence-electron chi connectivity index (χ3n) is 4.62. The summed E-state index contributed by atoms with van der Waals surface area (Å²) < 4.78 is 5.53. The number of morpholine rings is 1. The fourth-order valence-electron chi connectivity index (χ4n) is 3.21. The summed E-state index contributed by atoms with van der Waals surface area (Å²) in [5.41, 5.74) is 1.39. The fourth-order valence-corrected chi connectivity index (χ4v) is 3.21. The van der Waals surface area contributed by atoms with Crippen LogP contribution in [0.5, 0.6) is 0 Å².